The van der Waals surface area contributed by atoms with Crippen LogP contribution in [0.1, 0.15) is 16.7 Å². The predicted molar refractivity (Wildman–Crippen MR) is 120 cm³/mol. The molecule has 0 heterocycles. The zero-order valence-electron chi connectivity index (χ0n) is 17.1. The molecule has 0 bridgehead atoms. The van der Waals surface area contributed by atoms with E-state index in [-0.39, 0.29) is 12.4 Å². The number of ether oxygens (including phenoxy) is 3. The number of allylic oxidation sites excluding steroid dienone is 1. The van der Waals surface area contributed by atoms with E-state index in [1.807, 2.05) is 25.1 Å². The average molecular weight is 434 g/mol. The van der Waals surface area contributed by atoms with Crippen molar-refractivity contribution < 1.29 is 19.0 Å². The SMILES string of the molecule is COc1cc(/C=C(\C#N)c2ccc(Cl)cc2)ccc1OC(=O)COc1cccc(C)c1. The van der Waals surface area contributed by atoms with Gasteiger partial charge in [-0.15, -0.1) is 0 Å². The third kappa shape index (κ3) is 6.11. The van der Waals surface area contributed by atoms with Crippen LogP contribution in [0.3, 0.4) is 0 Å². The number of hydrogen-bond donors (Lipinski definition) is 0. The highest BCUT2D eigenvalue weighted by Gasteiger charge is 2.12. The Hall–Kier alpha value is -3.75. The molecule has 6 heteroatoms. The second-order valence-corrected chi connectivity index (χ2v) is 7.10. The van der Waals surface area contributed by atoms with Gasteiger partial charge in [-0.2, -0.15) is 5.26 Å². The van der Waals surface area contributed by atoms with E-state index in [2.05, 4.69) is 6.07 Å². The number of halogens is 1. The van der Waals surface area contributed by atoms with Gasteiger partial charge < -0.3 is 14.2 Å². The molecule has 0 aliphatic heterocycles. The highest BCUT2D eigenvalue weighted by molar-refractivity contribution is 6.30. The minimum absolute atomic E-state index is 0.233. The van der Waals surface area contributed by atoms with Gasteiger partial charge in [-0.05, 0) is 66.1 Å². The predicted octanol–water partition coefficient (Wildman–Crippen LogP) is 5.71. The summed E-state index contributed by atoms with van der Waals surface area (Å²) in [5.74, 6) is 0.672. The van der Waals surface area contributed by atoms with Gasteiger partial charge in [0.2, 0.25) is 0 Å². The van der Waals surface area contributed by atoms with E-state index in [0.717, 1.165) is 16.7 Å². The zero-order chi connectivity index (χ0) is 22.2. The van der Waals surface area contributed by atoms with Crippen LogP contribution >= 0.6 is 11.6 Å². The Bertz CT molecular complexity index is 1150. The molecule has 3 rings (SSSR count). The van der Waals surface area contributed by atoms with Crippen molar-refractivity contribution in [3.63, 3.8) is 0 Å². The number of nitriles is 1. The van der Waals surface area contributed by atoms with Crippen LogP contribution in [0.2, 0.25) is 5.02 Å². The van der Waals surface area contributed by atoms with Gasteiger partial charge in [-0.3, -0.25) is 0 Å². The van der Waals surface area contributed by atoms with Crippen LogP contribution in [-0.2, 0) is 4.79 Å². The molecule has 0 fully saturated rings. The number of rotatable bonds is 7. The number of carbonyl (C=O) groups excluding carboxylic acids is 1. The van der Waals surface area contributed by atoms with E-state index in [9.17, 15) is 10.1 Å². The van der Waals surface area contributed by atoms with Crippen LogP contribution in [0, 0.1) is 18.3 Å². The summed E-state index contributed by atoms with van der Waals surface area (Å²) in [6, 6.07) is 21.6. The number of methoxy groups -OCH3 is 1. The van der Waals surface area contributed by atoms with Crippen molar-refractivity contribution in [1.29, 1.82) is 5.26 Å². The summed E-state index contributed by atoms with van der Waals surface area (Å²) in [6.45, 7) is 1.71. The van der Waals surface area contributed by atoms with Gasteiger partial charge in [-0.25, -0.2) is 4.79 Å². The smallest absolute Gasteiger partial charge is 0.349 e. The lowest BCUT2D eigenvalue weighted by Gasteiger charge is -2.11. The lowest BCUT2D eigenvalue weighted by Crippen LogP contribution is -2.18. The first kappa shape index (κ1) is 21.9. The van der Waals surface area contributed by atoms with E-state index >= 15 is 0 Å². The second kappa shape index (κ2) is 10.3. The Morgan fingerprint density at radius 1 is 1.06 bits per heavy atom. The molecule has 3 aromatic carbocycles. The van der Waals surface area contributed by atoms with Gasteiger partial charge >= 0.3 is 5.97 Å². The van der Waals surface area contributed by atoms with Crippen molar-refractivity contribution in [3.8, 4) is 23.3 Å². The molecule has 3 aromatic rings. The van der Waals surface area contributed by atoms with Crippen LogP contribution in [0.15, 0.2) is 66.7 Å². The number of benzene rings is 3. The first-order valence-electron chi connectivity index (χ1n) is 9.44. The van der Waals surface area contributed by atoms with Gasteiger partial charge in [0.25, 0.3) is 0 Å². The Morgan fingerprint density at radius 2 is 1.84 bits per heavy atom. The van der Waals surface area contributed by atoms with Crippen LogP contribution in [0.4, 0.5) is 0 Å². The first-order valence-corrected chi connectivity index (χ1v) is 9.82. The molecule has 0 spiro atoms. The fourth-order valence-corrected chi connectivity index (χ4v) is 2.96. The zero-order valence-corrected chi connectivity index (χ0v) is 17.8. The maximum atomic E-state index is 12.2. The Labute approximate surface area is 186 Å². The van der Waals surface area contributed by atoms with Gasteiger partial charge in [0.05, 0.1) is 18.8 Å². The van der Waals surface area contributed by atoms with Crippen LogP contribution in [0.25, 0.3) is 11.6 Å². The van der Waals surface area contributed by atoms with E-state index < -0.39 is 5.97 Å². The summed E-state index contributed by atoms with van der Waals surface area (Å²) in [5, 5.41) is 10.1. The highest BCUT2D eigenvalue weighted by Crippen LogP contribution is 2.30. The van der Waals surface area contributed by atoms with Crippen LogP contribution in [0.5, 0.6) is 17.2 Å². The normalized spacial score (nSPS) is 10.8. The fourth-order valence-electron chi connectivity index (χ4n) is 2.83. The molecule has 0 radical (unpaired) electrons. The van der Waals surface area contributed by atoms with Gasteiger partial charge in [0.1, 0.15) is 5.75 Å². The lowest BCUT2D eigenvalue weighted by molar-refractivity contribution is -0.136. The number of aryl methyl sites for hydroxylation is 1. The van der Waals surface area contributed by atoms with E-state index in [0.29, 0.717) is 22.1 Å². The third-order valence-corrected chi connectivity index (χ3v) is 4.60. The summed E-state index contributed by atoms with van der Waals surface area (Å²) in [7, 11) is 1.48. The molecule has 156 valence electrons. The van der Waals surface area contributed by atoms with E-state index in [1.165, 1.54) is 7.11 Å². The minimum atomic E-state index is -0.554. The molecule has 5 nitrogen and oxygen atoms in total. The second-order valence-electron chi connectivity index (χ2n) is 6.67. The van der Waals surface area contributed by atoms with Crippen molar-refractivity contribution in [2.45, 2.75) is 6.92 Å². The quantitative estimate of drug-likeness (QED) is 0.207. The fraction of sp³-hybridized carbons (Fsp3) is 0.120. The minimum Gasteiger partial charge on any atom is -0.493 e. The summed E-state index contributed by atoms with van der Waals surface area (Å²) >= 11 is 5.91. The Kier molecular flexibility index (Phi) is 7.31. The summed E-state index contributed by atoms with van der Waals surface area (Å²) in [4.78, 5) is 12.2. The topological polar surface area (TPSA) is 68.5 Å². The number of hydrogen-bond acceptors (Lipinski definition) is 5. The van der Waals surface area contributed by atoms with Crippen molar-refractivity contribution in [3.05, 3.63) is 88.4 Å². The number of esters is 1. The molecule has 31 heavy (non-hydrogen) atoms. The molecular formula is C25H20ClNO4. The van der Waals surface area contributed by atoms with E-state index in [4.69, 9.17) is 25.8 Å². The lowest BCUT2D eigenvalue weighted by atomic mass is 10.0. The van der Waals surface area contributed by atoms with Crippen LogP contribution < -0.4 is 14.2 Å². The van der Waals surface area contributed by atoms with Crippen molar-refractivity contribution in [2.24, 2.45) is 0 Å². The molecule has 0 saturated carbocycles. The molecular weight excluding hydrogens is 414 g/mol. The monoisotopic (exact) mass is 433 g/mol. The van der Waals surface area contributed by atoms with Crippen LogP contribution in [-0.4, -0.2) is 19.7 Å². The summed E-state index contributed by atoms with van der Waals surface area (Å²) in [6.07, 6.45) is 1.72. The Balaban J connectivity index is 1.72. The molecule has 0 N–H and O–H groups in total. The maximum Gasteiger partial charge on any atom is 0.349 e. The van der Waals surface area contributed by atoms with E-state index in [1.54, 1.807) is 54.6 Å². The first-order chi connectivity index (χ1) is 15.0. The van der Waals surface area contributed by atoms with Gasteiger partial charge in [0, 0.05) is 5.02 Å². The molecule has 0 aliphatic rings. The van der Waals surface area contributed by atoms with Crippen molar-refractivity contribution in [2.75, 3.05) is 13.7 Å². The Morgan fingerprint density at radius 3 is 2.52 bits per heavy atom. The molecule has 0 atom stereocenters. The van der Waals surface area contributed by atoms with Gasteiger partial charge in [0.15, 0.2) is 18.1 Å². The third-order valence-electron chi connectivity index (χ3n) is 4.34. The maximum absolute atomic E-state index is 12.2. The van der Waals surface area contributed by atoms with Crippen molar-refractivity contribution in [1.82, 2.24) is 0 Å². The number of carbonyl (C=O) groups is 1. The molecule has 0 unspecified atom stereocenters. The standard InChI is InChI=1S/C25H20ClNO4/c1-17-4-3-5-22(12-17)30-16-25(28)31-23-11-6-18(14-24(23)29-2)13-20(15-27)19-7-9-21(26)10-8-19/h3-14H,16H2,1-2H3/b20-13+. The highest BCUT2D eigenvalue weighted by atomic mass is 35.5. The summed E-state index contributed by atoms with van der Waals surface area (Å²) < 4.78 is 16.2. The molecule has 0 saturated heterocycles. The molecule has 0 aromatic heterocycles. The number of nitrogens with zero attached hydrogens (tertiary/aromatic N) is 1. The van der Waals surface area contributed by atoms with Crippen molar-refractivity contribution >= 4 is 29.2 Å². The molecule has 0 aliphatic carbocycles. The largest absolute Gasteiger partial charge is 0.493 e. The van der Waals surface area contributed by atoms with Gasteiger partial charge in [-0.1, -0.05) is 41.9 Å². The molecule has 0 amide bonds. The average Bonchev–Trinajstić information content (AvgIpc) is 2.77. The summed E-state index contributed by atoms with van der Waals surface area (Å²) in [5.41, 5.74) is 2.97.